The van der Waals surface area contributed by atoms with Crippen molar-refractivity contribution in [3.63, 3.8) is 0 Å². The lowest BCUT2D eigenvalue weighted by Crippen LogP contribution is -2.37. The number of hydrogen-bond acceptors (Lipinski definition) is 5. The third kappa shape index (κ3) is 3.38. The van der Waals surface area contributed by atoms with Gasteiger partial charge in [-0.2, -0.15) is 5.26 Å². The van der Waals surface area contributed by atoms with E-state index in [4.69, 9.17) is 11.6 Å². The Balaban J connectivity index is 2.05. The van der Waals surface area contributed by atoms with Crippen LogP contribution in [-0.2, 0) is 14.1 Å². The van der Waals surface area contributed by atoms with Crippen LogP contribution in [0, 0.1) is 11.3 Å². The number of thiazole rings is 1. The fraction of sp³-hybridized carbons (Fsp3) is 0.111. The summed E-state index contributed by atoms with van der Waals surface area (Å²) in [7, 11) is 2.95. The highest BCUT2D eigenvalue weighted by atomic mass is 35.5. The van der Waals surface area contributed by atoms with Gasteiger partial charge in [0.25, 0.3) is 5.56 Å². The monoisotopic (exact) mass is 384 g/mol. The number of nitrogens with zero attached hydrogens (tertiary/aromatic N) is 4. The second-order valence-corrected chi connectivity index (χ2v) is 6.85. The highest BCUT2D eigenvalue weighted by Gasteiger charge is 2.11. The molecule has 0 unspecified atom stereocenters. The molecule has 0 fully saturated rings. The van der Waals surface area contributed by atoms with E-state index in [1.165, 1.54) is 35.2 Å². The maximum atomic E-state index is 12.2. The van der Waals surface area contributed by atoms with E-state index >= 15 is 0 Å². The Kier molecular flexibility index (Phi) is 4.89. The van der Waals surface area contributed by atoms with Crippen molar-refractivity contribution in [3.05, 3.63) is 72.3 Å². The van der Waals surface area contributed by atoms with E-state index in [0.29, 0.717) is 10.0 Å². The first-order valence-electron chi connectivity index (χ1n) is 7.51. The molecule has 2 heterocycles. The molecule has 0 saturated heterocycles. The zero-order chi connectivity index (χ0) is 18.8. The lowest BCUT2D eigenvalue weighted by Gasteiger charge is -2.03. The molecule has 0 saturated carbocycles. The minimum Gasteiger partial charge on any atom is -0.303 e. The van der Waals surface area contributed by atoms with E-state index in [9.17, 15) is 14.9 Å². The van der Waals surface area contributed by atoms with Crippen molar-refractivity contribution in [1.29, 1.82) is 5.26 Å². The fourth-order valence-corrected chi connectivity index (χ4v) is 3.30. The van der Waals surface area contributed by atoms with E-state index in [0.717, 1.165) is 15.8 Å². The van der Waals surface area contributed by atoms with Crippen LogP contribution in [0.15, 0.2) is 45.4 Å². The third-order valence-corrected chi connectivity index (χ3v) is 4.90. The highest BCUT2D eigenvalue weighted by Crippen LogP contribution is 2.27. The first-order valence-corrected chi connectivity index (χ1v) is 8.77. The first kappa shape index (κ1) is 17.9. The molecule has 0 bridgehead atoms. The first-order chi connectivity index (χ1) is 12.4. The van der Waals surface area contributed by atoms with Crippen LogP contribution in [0.2, 0.25) is 5.02 Å². The largest absolute Gasteiger partial charge is 0.330 e. The summed E-state index contributed by atoms with van der Waals surface area (Å²) < 4.78 is 2.30. The van der Waals surface area contributed by atoms with Gasteiger partial charge in [-0.1, -0.05) is 23.7 Å². The van der Waals surface area contributed by atoms with E-state index in [2.05, 4.69) is 11.1 Å². The van der Waals surface area contributed by atoms with E-state index < -0.39 is 11.2 Å². The van der Waals surface area contributed by atoms with Gasteiger partial charge in [-0.25, -0.2) is 9.78 Å². The van der Waals surface area contributed by atoms with E-state index in [-0.39, 0.29) is 11.1 Å². The molecule has 130 valence electrons. The van der Waals surface area contributed by atoms with Crippen molar-refractivity contribution in [2.45, 2.75) is 0 Å². The molecule has 0 aliphatic carbocycles. The van der Waals surface area contributed by atoms with Crippen LogP contribution < -0.4 is 11.2 Å². The smallest absolute Gasteiger partial charge is 0.303 e. The van der Waals surface area contributed by atoms with Crippen molar-refractivity contribution < 1.29 is 0 Å². The molecule has 0 aliphatic heterocycles. The third-order valence-electron chi connectivity index (χ3n) is 3.77. The van der Waals surface area contributed by atoms with Gasteiger partial charge < -0.3 is 4.57 Å². The summed E-state index contributed by atoms with van der Waals surface area (Å²) in [4.78, 5) is 28.5. The molecule has 26 heavy (non-hydrogen) atoms. The Labute approximate surface area is 157 Å². The predicted octanol–water partition coefficient (Wildman–Crippen LogP) is 2.93. The summed E-state index contributed by atoms with van der Waals surface area (Å²) in [6.45, 7) is 0. The van der Waals surface area contributed by atoms with Crippen LogP contribution in [0.1, 0.15) is 10.6 Å². The molecule has 0 spiro atoms. The van der Waals surface area contributed by atoms with Crippen molar-refractivity contribution in [2.24, 2.45) is 14.1 Å². The standard InChI is InChI=1S/C18H13ClN4O2S/c1-22-9-13(17(24)23(2)18(22)25)7-12(8-20)16-21-15(10-26-16)11-3-5-14(19)6-4-11/h3-7,9-10H,1-2H3/b12-7+. The van der Waals surface area contributed by atoms with Gasteiger partial charge in [0.2, 0.25) is 0 Å². The molecule has 2 aromatic heterocycles. The maximum Gasteiger partial charge on any atom is 0.330 e. The number of nitriles is 1. The van der Waals surface area contributed by atoms with Crippen LogP contribution in [0.25, 0.3) is 22.9 Å². The average Bonchev–Trinajstić information content (AvgIpc) is 3.12. The second kappa shape index (κ2) is 7.12. The SMILES string of the molecule is Cn1cc(/C=C(\C#N)c2nc(-c3ccc(Cl)cc3)cs2)c(=O)n(C)c1=O. The predicted molar refractivity (Wildman–Crippen MR) is 103 cm³/mol. The maximum absolute atomic E-state index is 12.2. The molecule has 0 atom stereocenters. The van der Waals surface area contributed by atoms with Gasteiger partial charge in [-0.3, -0.25) is 9.36 Å². The fourth-order valence-electron chi connectivity index (χ4n) is 2.38. The van der Waals surface area contributed by atoms with Crippen molar-refractivity contribution in [2.75, 3.05) is 0 Å². The topological polar surface area (TPSA) is 80.7 Å². The lowest BCUT2D eigenvalue weighted by atomic mass is 10.2. The van der Waals surface area contributed by atoms with Gasteiger partial charge in [0.15, 0.2) is 0 Å². The Morgan fingerprint density at radius 3 is 2.62 bits per heavy atom. The summed E-state index contributed by atoms with van der Waals surface area (Å²) in [5.74, 6) is 0. The van der Waals surface area contributed by atoms with Crippen LogP contribution in [0.4, 0.5) is 0 Å². The summed E-state index contributed by atoms with van der Waals surface area (Å²) in [5, 5.41) is 12.5. The van der Waals surface area contributed by atoms with Crippen molar-refractivity contribution >= 4 is 34.6 Å². The summed E-state index contributed by atoms with van der Waals surface area (Å²) >= 11 is 7.20. The zero-order valence-electron chi connectivity index (χ0n) is 13.9. The number of rotatable bonds is 3. The summed E-state index contributed by atoms with van der Waals surface area (Å²) in [6.07, 6.45) is 2.86. The van der Waals surface area contributed by atoms with E-state index in [1.807, 2.05) is 17.5 Å². The molecular weight excluding hydrogens is 372 g/mol. The van der Waals surface area contributed by atoms with Gasteiger partial charge in [0.05, 0.1) is 16.8 Å². The Morgan fingerprint density at radius 1 is 1.27 bits per heavy atom. The molecule has 3 rings (SSSR count). The molecule has 0 amide bonds. The zero-order valence-corrected chi connectivity index (χ0v) is 15.5. The Hall–Kier alpha value is -2.95. The van der Waals surface area contributed by atoms with E-state index in [1.54, 1.807) is 19.2 Å². The van der Waals surface area contributed by atoms with Gasteiger partial charge >= 0.3 is 5.69 Å². The quantitative estimate of drug-likeness (QED) is 0.650. The number of aromatic nitrogens is 3. The van der Waals surface area contributed by atoms with Gasteiger partial charge in [-0.05, 0) is 18.2 Å². The molecule has 8 heteroatoms. The number of benzene rings is 1. The summed E-state index contributed by atoms with van der Waals surface area (Å²) in [6, 6.07) is 9.31. The number of aryl methyl sites for hydroxylation is 1. The van der Waals surface area contributed by atoms with Gasteiger partial charge in [0.1, 0.15) is 11.1 Å². The van der Waals surface area contributed by atoms with Crippen LogP contribution in [0.3, 0.4) is 0 Å². The number of allylic oxidation sites excluding steroid dienone is 1. The minimum absolute atomic E-state index is 0.245. The number of hydrogen-bond donors (Lipinski definition) is 0. The Bertz CT molecular complexity index is 1160. The highest BCUT2D eigenvalue weighted by molar-refractivity contribution is 7.11. The minimum atomic E-state index is -0.463. The van der Waals surface area contributed by atoms with Crippen LogP contribution in [0.5, 0.6) is 0 Å². The molecule has 0 radical (unpaired) electrons. The molecule has 3 aromatic rings. The van der Waals surface area contributed by atoms with Crippen molar-refractivity contribution in [1.82, 2.24) is 14.1 Å². The molecule has 0 aliphatic rings. The van der Waals surface area contributed by atoms with Crippen LogP contribution >= 0.6 is 22.9 Å². The van der Waals surface area contributed by atoms with Gasteiger partial charge in [0, 0.05) is 36.3 Å². The lowest BCUT2D eigenvalue weighted by molar-refractivity contribution is 0.683. The average molecular weight is 385 g/mol. The molecular formula is C18H13ClN4O2S. The van der Waals surface area contributed by atoms with Crippen LogP contribution in [-0.4, -0.2) is 14.1 Å². The normalized spacial score (nSPS) is 11.4. The van der Waals surface area contributed by atoms with Crippen molar-refractivity contribution in [3.8, 4) is 17.3 Å². The number of halogens is 1. The molecule has 1 aromatic carbocycles. The second-order valence-electron chi connectivity index (χ2n) is 5.56. The summed E-state index contributed by atoms with van der Waals surface area (Å²) in [5.41, 5.74) is 1.21. The Morgan fingerprint density at radius 2 is 1.96 bits per heavy atom. The molecule has 0 N–H and O–H groups in total. The molecule has 6 nitrogen and oxygen atoms in total. The van der Waals surface area contributed by atoms with Gasteiger partial charge in [-0.15, -0.1) is 11.3 Å².